The number of hydrogen-bond donors (Lipinski definition) is 1. The maximum absolute atomic E-state index is 13.9. The van der Waals surface area contributed by atoms with Gasteiger partial charge in [0.05, 0.1) is 17.5 Å². The molecule has 1 aliphatic heterocycles. The lowest BCUT2D eigenvalue weighted by atomic mass is 10.2. The summed E-state index contributed by atoms with van der Waals surface area (Å²) in [4.78, 5) is 28.8. The van der Waals surface area contributed by atoms with Gasteiger partial charge in [-0.15, -0.1) is 0 Å². The molecule has 0 aromatic heterocycles. The number of hydrogen-bond acceptors (Lipinski definition) is 3. The Labute approximate surface area is 153 Å². The maximum Gasteiger partial charge on any atom is 0.226 e. The van der Waals surface area contributed by atoms with Crippen LogP contribution in [0.2, 0.25) is 0 Å². The van der Waals surface area contributed by atoms with Crippen molar-refractivity contribution < 1.29 is 14.0 Å². The molecule has 2 unspecified atom stereocenters. The molecule has 4 rings (SSSR count). The van der Waals surface area contributed by atoms with Gasteiger partial charge in [0.1, 0.15) is 5.82 Å². The second kappa shape index (κ2) is 7.25. The molecule has 5 nitrogen and oxygen atoms in total. The minimum absolute atomic E-state index is 0.0558. The van der Waals surface area contributed by atoms with Crippen molar-refractivity contribution in [2.75, 3.05) is 31.1 Å². The van der Waals surface area contributed by atoms with Crippen LogP contribution in [0.3, 0.4) is 0 Å². The van der Waals surface area contributed by atoms with E-state index >= 15 is 0 Å². The van der Waals surface area contributed by atoms with Crippen LogP contribution in [-0.2, 0) is 9.59 Å². The van der Waals surface area contributed by atoms with Crippen LogP contribution in [0.5, 0.6) is 0 Å². The van der Waals surface area contributed by atoms with Crippen LogP contribution in [0.1, 0.15) is 32.1 Å². The number of anilines is 1. The second-order valence-corrected chi connectivity index (χ2v) is 7.70. The number of para-hydroxylation sites is 1. The van der Waals surface area contributed by atoms with E-state index in [1.807, 2.05) is 15.9 Å². The average molecular weight is 359 g/mol. The molecule has 1 aromatic carbocycles. The topological polar surface area (TPSA) is 52.7 Å². The van der Waals surface area contributed by atoms with Crippen molar-refractivity contribution in [2.24, 2.45) is 11.8 Å². The molecule has 1 N–H and O–H groups in total. The smallest absolute Gasteiger partial charge is 0.226 e. The average Bonchev–Trinajstić information content (AvgIpc) is 3.31. The number of amides is 2. The lowest BCUT2D eigenvalue weighted by Crippen LogP contribution is -2.49. The van der Waals surface area contributed by atoms with Gasteiger partial charge < -0.3 is 15.1 Å². The molecule has 1 heterocycles. The molecular formula is C20H26FN3O2. The zero-order valence-corrected chi connectivity index (χ0v) is 15.0. The van der Waals surface area contributed by atoms with E-state index in [0.717, 1.165) is 12.8 Å². The second-order valence-electron chi connectivity index (χ2n) is 7.70. The molecule has 1 saturated heterocycles. The SMILES string of the molecule is O=C(NC1CCCC1)C1CC1C(=O)N1CCN(c2ccccc2F)CC1. The van der Waals surface area contributed by atoms with E-state index in [4.69, 9.17) is 0 Å². The first-order valence-corrected chi connectivity index (χ1v) is 9.72. The molecular weight excluding hydrogens is 333 g/mol. The summed E-state index contributed by atoms with van der Waals surface area (Å²) in [5, 5.41) is 3.10. The highest BCUT2D eigenvalue weighted by Crippen LogP contribution is 2.40. The van der Waals surface area contributed by atoms with Crippen LogP contribution in [0.4, 0.5) is 10.1 Å². The van der Waals surface area contributed by atoms with Crippen LogP contribution in [0.25, 0.3) is 0 Å². The molecule has 2 amide bonds. The normalized spacial score (nSPS) is 26.0. The van der Waals surface area contributed by atoms with E-state index in [2.05, 4.69) is 5.32 Å². The van der Waals surface area contributed by atoms with Crippen LogP contribution < -0.4 is 10.2 Å². The van der Waals surface area contributed by atoms with Gasteiger partial charge in [0.15, 0.2) is 0 Å². The van der Waals surface area contributed by atoms with Crippen molar-refractivity contribution in [3.8, 4) is 0 Å². The van der Waals surface area contributed by atoms with Crippen LogP contribution in [-0.4, -0.2) is 48.9 Å². The lowest BCUT2D eigenvalue weighted by Gasteiger charge is -2.36. The van der Waals surface area contributed by atoms with Crippen LogP contribution in [0, 0.1) is 17.7 Å². The van der Waals surface area contributed by atoms with Gasteiger partial charge in [0.25, 0.3) is 0 Å². The zero-order valence-electron chi connectivity index (χ0n) is 15.0. The van der Waals surface area contributed by atoms with Gasteiger partial charge in [-0.1, -0.05) is 25.0 Å². The first-order valence-electron chi connectivity index (χ1n) is 9.72. The molecule has 140 valence electrons. The number of halogens is 1. The van der Waals surface area contributed by atoms with E-state index < -0.39 is 0 Å². The van der Waals surface area contributed by atoms with E-state index in [-0.39, 0.29) is 29.5 Å². The molecule has 2 saturated carbocycles. The summed E-state index contributed by atoms with van der Waals surface area (Å²) in [6, 6.07) is 7.06. The van der Waals surface area contributed by atoms with Gasteiger partial charge in [-0.2, -0.15) is 0 Å². The lowest BCUT2D eigenvalue weighted by molar-refractivity contribution is -0.135. The predicted octanol–water partition coefficient (Wildman–Crippen LogP) is 2.17. The van der Waals surface area contributed by atoms with E-state index in [9.17, 15) is 14.0 Å². The molecule has 1 aromatic rings. The van der Waals surface area contributed by atoms with Gasteiger partial charge in [0, 0.05) is 32.2 Å². The number of carbonyl (C=O) groups excluding carboxylic acids is 2. The highest BCUT2D eigenvalue weighted by atomic mass is 19.1. The molecule has 3 aliphatic rings. The van der Waals surface area contributed by atoms with Crippen molar-refractivity contribution in [3.63, 3.8) is 0 Å². The Morgan fingerprint density at radius 3 is 2.38 bits per heavy atom. The quantitative estimate of drug-likeness (QED) is 0.896. The number of rotatable bonds is 4. The molecule has 2 atom stereocenters. The highest BCUT2D eigenvalue weighted by molar-refractivity contribution is 5.92. The third kappa shape index (κ3) is 3.55. The van der Waals surface area contributed by atoms with Crippen molar-refractivity contribution in [1.29, 1.82) is 0 Å². The molecule has 6 heteroatoms. The summed E-state index contributed by atoms with van der Waals surface area (Å²) in [6.07, 6.45) is 5.17. The van der Waals surface area contributed by atoms with E-state index in [1.54, 1.807) is 12.1 Å². The maximum atomic E-state index is 13.9. The fourth-order valence-electron chi connectivity index (χ4n) is 4.25. The first kappa shape index (κ1) is 17.3. The van der Waals surface area contributed by atoms with Gasteiger partial charge in [-0.3, -0.25) is 9.59 Å². The Morgan fingerprint density at radius 2 is 1.69 bits per heavy atom. The number of carbonyl (C=O) groups is 2. The highest BCUT2D eigenvalue weighted by Gasteiger charge is 2.50. The third-order valence-electron chi connectivity index (χ3n) is 5.93. The third-order valence-corrected chi connectivity index (χ3v) is 5.93. The largest absolute Gasteiger partial charge is 0.366 e. The molecule has 0 spiro atoms. The molecule has 2 aliphatic carbocycles. The van der Waals surface area contributed by atoms with Gasteiger partial charge >= 0.3 is 0 Å². The Balaban J connectivity index is 1.27. The Bertz CT molecular complexity index is 681. The first-order chi connectivity index (χ1) is 12.6. The summed E-state index contributed by atoms with van der Waals surface area (Å²) in [5.74, 6) is -0.382. The number of piperazine rings is 1. The van der Waals surface area contributed by atoms with Crippen molar-refractivity contribution in [3.05, 3.63) is 30.1 Å². The monoisotopic (exact) mass is 359 g/mol. The van der Waals surface area contributed by atoms with Gasteiger partial charge in [-0.05, 0) is 31.4 Å². The number of benzene rings is 1. The minimum atomic E-state index is -0.224. The summed E-state index contributed by atoms with van der Waals surface area (Å²) in [7, 11) is 0. The van der Waals surface area contributed by atoms with E-state index in [0.29, 0.717) is 44.3 Å². The predicted molar refractivity (Wildman–Crippen MR) is 97.2 cm³/mol. The fourth-order valence-corrected chi connectivity index (χ4v) is 4.25. The Kier molecular flexibility index (Phi) is 4.83. The van der Waals surface area contributed by atoms with Crippen molar-refractivity contribution in [2.45, 2.75) is 38.1 Å². The molecule has 26 heavy (non-hydrogen) atoms. The Morgan fingerprint density at radius 1 is 1.00 bits per heavy atom. The summed E-state index contributed by atoms with van der Waals surface area (Å²) in [5.41, 5.74) is 0.597. The fraction of sp³-hybridized carbons (Fsp3) is 0.600. The van der Waals surface area contributed by atoms with Crippen LogP contribution in [0.15, 0.2) is 24.3 Å². The van der Waals surface area contributed by atoms with Gasteiger partial charge in [-0.25, -0.2) is 4.39 Å². The molecule has 0 bridgehead atoms. The van der Waals surface area contributed by atoms with Crippen LogP contribution >= 0.6 is 0 Å². The Hall–Kier alpha value is -2.11. The number of nitrogens with one attached hydrogen (secondary N) is 1. The molecule has 3 fully saturated rings. The molecule has 0 radical (unpaired) electrons. The summed E-state index contributed by atoms with van der Waals surface area (Å²) < 4.78 is 13.9. The van der Waals surface area contributed by atoms with Gasteiger partial charge in [0.2, 0.25) is 11.8 Å². The minimum Gasteiger partial charge on any atom is -0.366 e. The summed E-state index contributed by atoms with van der Waals surface area (Å²) in [6.45, 7) is 2.41. The number of nitrogens with zero attached hydrogens (tertiary/aromatic N) is 2. The summed E-state index contributed by atoms with van der Waals surface area (Å²) >= 11 is 0. The zero-order chi connectivity index (χ0) is 18.1. The van der Waals surface area contributed by atoms with Crippen molar-refractivity contribution in [1.82, 2.24) is 10.2 Å². The van der Waals surface area contributed by atoms with E-state index in [1.165, 1.54) is 18.9 Å². The van der Waals surface area contributed by atoms with Crippen molar-refractivity contribution >= 4 is 17.5 Å². The standard InChI is InChI=1S/C20H26FN3O2/c21-17-7-3-4-8-18(17)23-9-11-24(12-10-23)20(26)16-13-15(16)19(25)22-14-5-1-2-6-14/h3-4,7-8,14-16H,1-2,5-6,9-13H2,(H,22,25).